The predicted molar refractivity (Wildman–Crippen MR) is 127 cm³/mol. The van der Waals surface area contributed by atoms with Crippen molar-refractivity contribution < 1.29 is 13.9 Å². The van der Waals surface area contributed by atoms with Crippen LogP contribution < -0.4 is 10.6 Å². The Bertz CT molecular complexity index is 1340. The van der Waals surface area contributed by atoms with Crippen molar-refractivity contribution in [1.29, 1.82) is 0 Å². The van der Waals surface area contributed by atoms with Crippen LogP contribution in [-0.4, -0.2) is 37.7 Å². The molecule has 0 spiro atoms. The molecule has 1 aliphatic rings. The molecule has 3 N–H and O–H groups in total. The molecule has 176 valence electrons. The number of nitrogens with zero attached hydrogens (tertiary/aromatic N) is 4. The van der Waals surface area contributed by atoms with Crippen molar-refractivity contribution in [2.24, 2.45) is 5.92 Å². The SMILES string of the molecule is Oc1cccc(-c2nc3cnc(NCc4ccc(F)c(F)c4)nc3n2C[C@@H]2CCCNC2)c1Cl. The summed E-state index contributed by atoms with van der Waals surface area (Å²) in [4.78, 5) is 13.7. The van der Waals surface area contributed by atoms with Gasteiger partial charge in [0, 0.05) is 18.7 Å². The Labute approximate surface area is 199 Å². The zero-order valence-corrected chi connectivity index (χ0v) is 19.0. The Morgan fingerprint density at radius 2 is 2.06 bits per heavy atom. The highest BCUT2D eigenvalue weighted by atomic mass is 35.5. The number of rotatable bonds is 6. The zero-order valence-electron chi connectivity index (χ0n) is 18.2. The molecule has 4 aromatic rings. The molecule has 2 aromatic heterocycles. The van der Waals surface area contributed by atoms with Crippen LogP contribution >= 0.6 is 11.6 Å². The summed E-state index contributed by atoms with van der Waals surface area (Å²) in [6.45, 7) is 2.80. The van der Waals surface area contributed by atoms with E-state index >= 15 is 0 Å². The lowest BCUT2D eigenvalue weighted by molar-refractivity contribution is 0.341. The van der Waals surface area contributed by atoms with Gasteiger partial charge in [0.05, 0.1) is 11.2 Å². The number of piperidine rings is 1. The maximum atomic E-state index is 13.5. The molecule has 0 radical (unpaired) electrons. The first-order valence-corrected chi connectivity index (χ1v) is 11.5. The maximum absolute atomic E-state index is 13.5. The summed E-state index contributed by atoms with van der Waals surface area (Å²) < 4.78 is 28.8. The molecular weight excluding hydrogens is 462 g/mol. The van der Waals surface area contributed by atoms with Crippen molar-refractivity contribution in [2.75, 3.05) is 18.4 Å². The molecule has 1 saturated heterocycles. The number of halogens is 3. The van der Waals surface area contributed by atoms with E-state index in [9.17, 15) is 13.9 Å². The fourth-order valence-electron chi connectivity index (χ4n) is 4.24. The molecule has 1 fully saturated rings. The summed E-state index contributed by atoms with van der Waals surface area (Å²) in [6, 6.07) is 8.81. The van der Waals surface area contributed by atoms with Crippen LogP contribution in [0.4, 0.5) is 14.7 Å². The monoisotopic (exact) mass is 484 g/mol. The van der Waals surface area contributed by atoms with E-state index in [0.717, 1.165) is 38.1 Å². The first-order valence-electron chi connectivity index (χ1n) is 11.1. The van der Waals surface area contributed by atoms with Gasteiger partial charge < -0.3 is 20.3 Å². The quantitative estimate of drug-likeness (QED) is 0.366. The smallest absolute Gasteiger partial charge is 0.225 e. The molecule has 5 rings (SSSR count). The van der Waals surface area contributed by atoms with E-state index in [-0.39, 0.29) is 17.3 Å². The van der Waals surface area contributed by atoms with Crippen molar-refractivity contribution in [3.63, 3.8) is 0 Å². The van der Waals surface area contributed by atoms with Crippen molar-refractivity contribution in [2.45, 2.75) is 25.9 Å². The summed E-state index contributed by atoms with van der Waals surface area (Å²) in [5, 5.41) is 16.9. The van der Waals surface area contributed by atoms with Crippen molar-refractivity contribution in [3.8, 4) is 17.1 Å². The molecule has 1 aliphatic heterocycles. The predicted octanol–water partition coefficient (Wildman–Crippen LogP) is 4.74. The number of hydrogen-bond donors (Lipinski definition) is 3. The van der Waals surface area contributed by atoms with E-state index in [1.165, 1.54) is 12.1 Å². The second-order valence-corrected chi connectivity index (χ2v) is 8.78. The van der Waals surface area contributed by atoms with Crippen LogP contribution in [0.25, 0.3) is 22.6 Å². The number of fused-ring (bicyclic) bond motifs is 1. The number of phenolic OH excluding ortho intramolecular Hbond substituents is 1. The highest BCUT2D eigenvalue weighted by Crippen LogP contribution is 2.36. The van der Waals surface area contributed by atoms with E-state index in [2.05, 4.69) is 20.6 Å². The highest BCUT2D eigenvalue weighted by molar-refractivity contribution is 6.34. The first kappa shape index (κ1) is 22.5. The van der Waals surface area contributed by atoms with Crippen LogP contribution in [0, 0.1) is 17.6 Å². The van der Waals surface area contributed by atoms with E-state index < -0.39 is 11.6 Å². The van der Waals surface area contributed by atoms with Gasteiger partial charge in [-0.1, -0.05) is 23.7 Å². The van der Waals surface area contributed by atoms with Gasteiger partial charge in [-0.05, 0) is 61.7 Å². The second-order valence-electron chi connectivity index (χ2n) is 8.40. The molecule has 0 saturated carbocycles. The average Bonchev–Trinajstić information content (AvgIpc) is 3.19. The summed E-state index contributed by atoms with van der Waals surface area (Å²) >= 11 is 6.42. The Hall–Kier alpha value is -3.30. The van der Waals surface area contributed by atoms with Crippen molar-refractivity contribution in [3.05, 3.63) is 64.8 Å². The third-order valence-corrected chi connectivity index (χ3v) is 6.38. The fourth-order valence-corrected chi connectivity index (χ4v) is 4.45. The number of nitrogens with one attached hydrogen (secondary N) is 2. The number of hydrogen-bond acceptors (Lipinski definition) is 6. The molecule has 34 heavy (non-hydrogen) atoms. The van der Waals surface area contributed by atoms with Gasteiger partial charge in [-0.25, -0.2) is 18.7 Å². The van der Waals surface area contributed by atoms with Gasteiger partial charge in [-0.15, -0.1) is 0 Å². The summed E-state index contributed by atoms with van der Waals surface area (Å²) in [5.41, 5.74) is 2.40. The Kier molecular flexibility index (Phi) is 6.30. The minimum atomic E-state index is -0.900. The molecule has 1 atom stereocenters. The third kappa shape index (κ3) is 4.53. The standard InChI is InChI=1S/C24H23ClF2N6O/c25-21-16(4-1-5-20(21)34)22-31-19-12-30-24(29-11-14-6-7-17(26)18(27)9-14)32-23(19)33(22)13-15-3-2-8-28-10-15/h1,4-7,9,12,15,28,34H,2-3,8,10-11,13H2,(H,29,30,32)/t15-/m1/s1. The average molecular weight is 485 g/mol. The number of benzene rings is 2. The second kappa shape index (κ2) is 9.52. The first-order chi connectivity index (χ1) is 16.5. The lowest BCUT2D eigenvalue weighted by atomic mass is 9.99. The Morgan fingerprint density at radius 3 is 2.85 bits per heavy atom. The number of aromatic hydroxyl groups is 1. The molecule has 0 unspecified atom stereocenters. The fraction of sp³-hybridized carbons (Fsp3) is 0.292. The minimum absolute atomic E-state index is 0.0166. The van der Waals surface area contributed by atoms with Gasteiger partial charge in [-0.3, -0.25) is 0 Å². The summed E-state index contributed by atoms with van der Waals surface area (Å²) in [7, 11) is 0. The molecule has 3 heterocycles. The topological polar surface area (TPSA) is 87.9 Å². The largest absolute Gasteiger partial charge is 0.506 e. The zero-order chi connectivity index (χ0) is 23.7. The highest BCUT2D eigenvalue weighted by Gasteiger charge is 2.22. The Balaban J connectivity index is 1.51. The van der Waals surface area contributed by atoms with Crippen LogP contribution in [0.5, 0.6) is 5.75 Å². The van der Waals surface area contributed by atoms with Crippen LogP contribution in [0.3, 0.4) is 0 Å². The third-order valence-electron chi connectivity index (χ3n) is 5.98. The molecule has 7 nitrogen and oxygen atoms in total. The van der Waals surface area contributed by atoms with E-state index in [0.29, 0.717) is 46.5 Å². The van der Waals surface area contributed by atoms with E-state index in [1.54, 1.807) is 12.3 Å². The van der Waals surface area contributed by atoms with Gasteiger partial charge in [0.1, 0.15) is 17.1 Å². The van der Waals surface area contributed by atoms with E-state index in [1.807, 2.05) is 10.6 Å². The lowest BCUT2D eigenvalue weighted by Crippen LogP contribution is -2.32. The molecule has 0 aliphatic carbocycles. The van der Waals surface area contributed by atoms with Crippen molar-refractivity contribution in [1.82, 2.24) is 24.8 Å². The Morgan fingerprint density at radius 1 is 1.18 bits per heavy atom. The summed E-state index contributed by atoms with van der Waals surface area (Å²) in [6.07, 6.45) is 3.79. The molecular formula is C24H23ClF2N6O. The normalized spacial score (nSPS) is 16.1. The van der Waals surface area contributed by atoms with Gasteiger partial charge >= 0.3 is 0 Å². The molecule has 0 amide bonds. The van der Waals surface area contributed by atoms with Crippen LogP contribution in [0.15, 0.2) is 42.6 Å². The number of anilines is 1. The summed E-state index contributed by atoms with van der Waals surface area (Å²) in [5.74, 6) is -0.475. The lowest BCUT2D eigenvalue weighted by Gasteiger charge is -2.24. The van der Waals surface area contributed by atoms with Gasteiger partial charge in [-0.2, -0.15) is 4.98 Å². The minimum Gasteiger partial charge on any atom is -0.506 e. The number of imidazole rings is 1. The van der Waals surface area contributed by atoms with Crippen LogP contribution in [0.1, 0.15) is 18.4 Å². The van der Waals surface area contributed by atoms with Crippen molar-refractivity contribution >= 4 is 28.7 Å². The molecule has 10 heteroatoms. The van der Waals surface area contributed by atoms with Crippen LogP contribution in [-0.2, 0) is 13.1 Å². The van der Waals surface area contributed by atoms with E-state index in [4.69, 9.17) is 16.6 Å². The van der Waals surface area contributed by atoms with Crippen LogP contribution in [0.2, 0.25) is 5.02 Å². The number of phenols is 1. The number of aromatic nitrogens is 4. The van der Waals surface area contributed by atoms with Gasteiger partial charge in [0.2, 0.25) is 5.95 Å². The van der Waals surface area contributed by atoms with Gasteiger partial charge in [0.25, 0.3) is 0 Å². The van der Waals surface area contributed by atoms with Gasteiger partial charge in [0.15, 0.2) is 17.3 Å². The maximum Gasteiger partial charge on any atom is 0.225 e. The molecule has 0 bridgehead atoms. The molecule has 2 aromatic carbocycles.